The molecule has 1 aromatic heterocycles. The van der Waals surface area contributed by atoms with E-state index in [0.29, 0.717) is 5.02 Å². The lowest BCUT2D eigenvalue weighted by molar-refractivity contribution is 0.208. The van der Waals surface area contributed by atoms with Gasteiger partial charge in [-0.05, 0) is 75.0 Å². The minimum absolute atomic E-state index is 0.705. The van der Waals surface area contributed by atoms with E-state index in [2.05, 4.69) is 40.2 Å². The van der Waals surface area contributed by atoms with Crippen LogP contribution in [0.25, 0.3) is 11.1 Å². The van der Waals surface area contributed by atoms with E-state index < -0.39 is 0 Å². The molecule has 136 valence electrons. The van der Waals surface area contributed by atoms with Crippen LogP contribution in [0.1, 0.15) is 43.1 Å². The first kappa shape index (κ1) is 17.6. The number of aromatic nitrogens is 1. The smallest absolute Gasteiger partial charge is 0.195 e. The van der Waals surface area contributed by atoms with Crippen LogP contribution in [0.4, 0.5) is 0 Å². The summed E-state index contributed by atoms with van der Waals surface area (Å²) in [7, 11) is 0. The molecule has 0 bridgehead atoms. The Balaban J connectivity index is 1.19. The van der Waals surface area contributed by atoms with Crippen molar-refractivity contribution in [2.45, 2.75) is 38.0 Å². The second kappa shape index (κ2) is 8.24. The Kier molecular flexibility index (Phi) is 5.57. The highest BCUT2D eigenvalue weighted by molar-refractivity contribution is 6.31. The number of hydrogen-bond donors (Lipinski definition) is 0. The molecular formula is C22H25ClN2O. The summed E-state index contributed by atoms with van der Waals surface area (Å²) < 4.78 is 5.79. The zero-order valence-corrected chi connectivity index (χ0v) is 15.8. The maximum Gasteiger partial charge on any atom is 0.195 e. The zero-order valence-electron chi connectivity index (χ0n) is 15.0. The van der Waals surface area contributed by atoms with Crippen molar-refractivity contribution in [2.75, 3.05) is 19.6 Å². The van der Waals surface area contributed by atoms with Crippen LogP contribution in [0.3, 0.4) is 0 Å². The fourth-order valence-corrected chi connectivity index (χ4v) is 4.05. The summed E-state index contributed by atoms with van der Waals surface area (Å²) in [6, 6.07) is 16.6. The van der Waals surface area contributed by atoms with E-state index in [1.54, 1.807) is 0 Å². The number of nitrogens with zero attached hydrogens (tertiary/aromatic N) is 2. The largest absolute Gasteiger partial charge is 0.441 e. The quantitative estimate of drug-likeness (QED) is 0.524. The summed E-state index contributed by atoms with van der Waals surface area (Å²) in [5.74, 6) is 1.56. The van der Waals surface area contributed by atoms with Gasteiger partial charge >= 0.3 is 0 Å². The van der Waals surface area contributed by atoms with E-state index in [0.717, 1.165) is 35.7 Å². The molecule has 0 spiro atoms. The molecule has 0 atom stereocenters. The fraction of sp³-hybridized carbons (Fsp3) is 0.409. The number of hydrogen-bond acceptors (Lipinski definition) is 3. The van der Waals surface area contributed by atoms with Gasteiger partial charge in [0.2, 0.25) is 0 Å². The number of aryl methyl sites for hydroxylation is 1. The van der Waals surface area contributed by atoms with Crippen LogP contribution in [-0.2, 0) is 6.42 Å². The first-order chi connectivity index (χ1) is 12.8. The normalized spacial score (nSPS) is 16.3. The Bertz CT molecular complexity index is 838. The summed E-state index contributed by atoms with van der Waals surface area (Å²) in [5.41, 5.74) is 3.19. The van der Waals surface area contributed by atoms with Gasteiger partial charge in [0.1, 0.15) is 5.52 Å². The number of oxazole rings is 1. The van der Waals surface area contributed by atoms with E-state index in [4.69, 9.17) is 16.0 Å². The number of benzene rings is 2. The molecule has 0 N–H and O–H groups in total. The predicted molar refractivity (Wildman–Crippen MR) is 107 cm³/mol. The van der Waals surface area contributed by atoms with Crippen molar-refractivity contribution < 1.29 is 4.42 Å². The first-order valence-electron chi connectivity index (χ1n) is 9.60. The number of piperidine rings is 1. The van der Waals surface area contributed by atoms with Gasteiger partial charge in [-0.25, -0.2) is 4.98 Å². The lowest BCUT2D eigenvalue weighted by Crippen LogP contribution is -2.33. The molecule has 3 aromatic rings. The molecule has 1 aliphatic heterocycles. The lowest BCUT2D eigenvalue weighted by atomic mass is 9.89. The van der Waals surface area contributed by atoms with E-state index in [1.807, 2.05) is 18.2 Å². The molecule has 1 fully saturated rings. The third-order valence-corrected chi connectivity index (χ3v) is 5.60. The van der Waals surface area contributed by atoms with E-state index in [-0.39, 0.29) is 0 Å². The molecule has 1 aliphatic rings. The number of rotatable bonds is 6. The monoisotopic (exact) mass is 368 g/mol. The number of likely N-dealkylation sites (tertiary alicyclic amines) is 1. The second-order valence-corrected chi connectivity index (χ2v) is 7.64. The predicted octanol–water partition coefficient (Wildman–Crippen LogP) is 5.68. The van der Waals surface area contributed by atoms with Gasteiger partial charge in [0, 0.05) is 11.4 Å². The van der Waals surface area contributed by atoms with Gasteiger partial charge in [0.05, 0.1) is 0 Å². The van der Waals surface area contributed by atoms with Crippen molar-refractivity contribution in [3.8, 4) is 0 Å². The fourth-order valence-electron chi connectivity index (χ4n) is 3.88. The van der Waals surface area contributed by atoms with Crippen LogP contribution in [-0.4, -0.2) is 29.5 Å². The van der Waals surface area contributed by atoms with Crippen molar-refractivity contribution in [3.63, 3.8) is 0 Å². The molecule has 4 heteroatoms. The van der Waals surface area contributed by atoms with E-state index >= 15 is 0 Å². The SMILES string of the molecule is Clc1ccc2oc(CCCCN3CCC(c4ccccc4)CC3)nc2c1. The van der Waals surface area contributed by atoms with Gasteiger partial charge in [-0.2, -0.15) is 0 Å². The molecule has 0 aliphatic carbocycles. The summed E-state index contributed by atoms with van der Waals surface area (Å²) >= 11 is 6.00. The van der Waals surface area contributed by atoms with Crippen LogP contribution in [0.15, 0.2) is 52.9 Å². The number of fused-ring (bicyclic) bond motifs is 1. The van der Waals surface area contributed by atoms with Gasteiger partial charge in [-0.3, -0.25) is 0 Å². The molecule has 4 rings (SSSR count). The highest BCUT2D eigenvalue weighted by atomic mass is 35.5. The average molecular weight is 369 g/mol. The Labute approximate surface area is 160 Å². The Morgan fingerprint density at radius 3 is 2.65 bits per heavy atom. The Morgan fingerprint density at radius 1 is 1.04 bits per heavy atom. The van der Waals surface area contributed by atoms with Gasteiger partial charge in [-0.15, -0.1) is 0 Å². The molecule has 3 nitrogen and oxygen atoms in total. The molecule has 2 aromatic carbocycles. The highest BCUT2D eigenvalue weighted by Crippen LogP contribution is 2.28. The van der Waals surface area contributed by atoms with Crippen LogP contribution in [0.5, 0.6) is 0 Å². The van der Waals surface area contributed by atoms with Crippen LogP contribution in [0.2, 0.25) is 5.02 Å². The van der Waals surface area contributed by atoms with Crippen LogP contribution in [0, 0.1) is 0 Å². The van der Waals surface area contributed by atoms with Crippen molar-refractivity contribution >= 4 is 22.7 Å². The van der Waals surface area contributed by atoms with Gasteiger partial charge in [-0.1, -0.05) is 41.9 Å². The van der Waals surface area contributed by atoms with Crippen molar-refractivity contribution in [1.82, 2.24) is 9.88 Å². The topological polar surface area (TPSA) is 29.3 Å². The minimum atomic E-state index is 0.705. The molecule has 0 radical (unpaired) electrons. The van der Waals surface area contributed by atoms with Crippen LogP contribution < -0.4 is 0 Å². The average Bonchev–Trinajstić information content (AvgIpc) is 3.08. The van der Waals surface area contributed by atoms with Gasteiger partial charge in [0.15, 0.2) is 11.5 Å². The third kappa shape index (κ3) is 4.28. The molecule has 26 heavy (non-hydrogen) atoms. The zero-order chi connectivity index (χ0) is 17.8. The van der Waals surface area contributed by atoms with Crippen LogP contribution >= 0.6 is 11.6 Å². The molecule has 2 heterocycles. The lowest BCUT2D eigenvalue weighted by Gasteiger charge is -2.32. The van der Waals surface area contributed by atoms with Crippen molar-refractivity contribution in [1.29, 1.82) is 0 Å². The maximum absolute atomic E-state index is 6.00. The standard InChI is InChI=1S/C22H25ClN2O/c23-19-9-10-21-20(16-19)24-22(26-21)8-4-5-13-25-14-11-18(12-15-25)17-6-2-1-3-7-17/h1-3,6-7,9-10,16,18H,4-5,8,11-15H2. The van der Waals surface area contributed by atoms with Crippen molar-refractivity contribution in [3.05, 3.63) is 65.0 Å². The maximum atomic E-state index is 6.00. The minimum Gasteiger partial charge on any atom is -0.441 e. The third-order valence-electron chi connectivity index (χ3n) is 5.37. The second-order valence-electron chi connectivity index (χ2n) is 7.20. The summed E-state index contributed by atoms with van der Waals surface area (Å²) in [6.45, 7) is 3.59. The summed E-state index contributed by atoms with van der Waals surface area (Å²) in [6.07, 6.45) is 5.74. The van der Waals surface area contributed by atoms with Gasteiger partial charge < -0.3 is 9.32 Å². The summed E-state index contributed by atoms with van der Waals surface area (Å²) in [4.78, 5) is 7.14. The Hall–Kier alpha value is -1.84. The van der Waals surface area contributed by atoms with Crippen molar-refractivity contribution in [2.24, 2.45) is 0 Å². The van der Waals surface area contributed by atoms with E-state index in [1.165, 1.54) is 44.5 Å². The molecule has 0 saturated carbocycles. The van der Waals surface area contributed by atoms with E-state index in [9.17, 15) is 0 Å². The Morgan fingerprint density at radius 2 is 1.85 bits per heavy atom. The number of unbranched alkanes of at least 4 members (excludes halogenated alkanes) is 1. The molecular weight excluding hydrogens is 344 g/mol. The molecule has 0 amide bonds. The van der Waals surface area contributed by atoms with Gasteiger partial charge in [0.25, 0.3) is 0 Å². The molecule has 1 saturated heterocycles. The first-order valence-corrected chi connectivity index (χ1v) is 9.98. The summed E-state index contributed by atoms with van der Waals surface area (Å²) in [5, 5.41) is 0.705. The number of halogens is 1. The highest BCUT2D eigenvalue weighted by Gasteiger charge is 2.19. The molecule has 0 unspecified atom stereocenters.